The smallest absolute Gasteiger partial charge is 0.0962 e. The number of hydrogen-bond acceptors (Lipinski definition) is 2. The zero-order valence-corrected chi connectivity index (χ0v) is 15.1. The second-order valence-corrected chi connectivity index (χ2v) is 7.55. The van der Waals surface area contributed by atoms with Gasteiger partial charge in [-0.05, 0) is 37.3 Å². The van der Waals surface area contributed by atoms with Gasteiger partial charge in [-0.15, -0.1) is 11.3 Å². The first kappa shape index (κ1) is 18.7. The largest absolute Gasteiger partial charge is 0.385 e. The van der Waals surface area contributed by atoms with E-state index in [1.54, 1.807) is 11.3 Å². The van der Waals surface area contributed by atoms with Crippen LogP contribution in [0.5, 0.6) is 0 Å². The molecule has 1 nitrogen and oxygen atoms in total. The minimum atomic E-state index is -0.627. The molecule has 122 valence electrons. The summed E-state index contributed by atoms with van der Waals surface area (Å²) < 4.78 is 0. The first-order chi connectivity index (χ1) is 10.1. The Kier molecular flexibility index (Phi) is 9.26. The molecular formula is C19H34OS. The molecule has 0 bridgehead atoms. The molecule has 0 saturated heterocycles. The Bertz CT molecular complexity index is 367. The quantitative estimate of drug-likeness (QED) is 0.432. The number of aliphatic hydroxyl groups is 1. The number of hydrogen-bond donors (Lipinski definition) is 1. The Labute approximate surface area is 135 Å². The molecule has 1 atom stereocenters. The van der Waals surface area contributed by atoms with E-state index < -0.39 is 5.60 Å². The van der Waals surface area contributed by atoms with Crippen LogP contribution in [0.1, 0.15) is 94.9 Å². The molecule has 0 aliphatic carbocycles. The molecule has 2 heteroatoms. The molecule has 1 aromatic rings. The average Bonchev–Trinajstić information content (AvgIpc) is 2.88. The summed E-state index contributed by atoms with van der Waals surface area (Å²) in [6.45, 7) is 6.34. The first-order valence-corrected chi connectivity index (χ1v) is 9.73. The second kappa shape index (κ2) is 10.4. The summed E-state index contributed by atoms with van der Waals surface area (Å²) in [5.74, 6) is 0. The maximum atomic E-state index is 10.6. The van der Waals surface area contributed by atoms with Crippen molar-refractivity contribution in [2.45, 2.75) is 97.0 Å². The highest BCUT2D eigenvalue weighted by Crippen LogP contribution is 2.33. The molecule has 0 fully saturated rings. The van der Waals surface area contributed by atoms with Crippen molar-refractivity contribution in [2.24, 2.45) is 0 Å². The summed E-state index contributed by atoms with van der Waals surface area (Å²) in [6.07, 6.45) is 14.4. The van der Waals surface area contributed by atoms with Crippen LogP contribution < -0.4 is 0 Å². The molecule has 1 aromatic heterocycles. The van der Waals surface area contributed by atoms with E-state index in [1.165, 1.54) is 63.4 Å². The normalized spacial score (nSPS) is 14.3. The summed E-state index contributed by atoms with van der Waals surface area (Å²) in [6, 6.07) is 2.10. The van der Waals surface area contributed by atoms with Crippen molar-refractivity contribution < 1.29 is 5.11 Å². The number of unbranched alkanes of at least 4 members (excludes halogenated alkanes) is 9. The van der Waals surface area contributed by atoms with Crippen LogP contribution in [0, 0.1) is 6.92 Å². The molecule has 1 N–H and O–H groups in total. The monoisotopic (exact) mass is 310 g/mol. The minimum absolute atomic E-state index is 0.627. The van der Waals surface area contributed by atoms with Gasteiger partial charge in [-0.3, -0.25) is 0 Å². The first-order valence-electron chi connectivity index (χ1n) is 8.85. The van der Waals surface area contributed by atoms with Gasteiger partial charge in [-0.25, -0.2) is 0 Å². The summed E-state index contributed by atoms with van der Waals surface area (Å²) in [5, 5.41) is 12.7. The third-order valence-electron chi connectivity index (χ3n) is 4.37. The SMILES string of the molecule is CCCCCCCCCCCCC(C)(O)c1sccc1C. The number of thiophene rings is 1. The molecule has 1 unspecified atom stereocenters. The van der Waals surface area contributed by atoms with E-state index in [0.29, 0.717) is 0 Å². The number of rotatable bonds is 12. The Morgan fingerprint density at radius 2 is 1.48 bits per heavy atom. The lowest BCUT2D eigenvalue weighted by molar-refractivity contribution is 0.0480. The van der Waals surface area contributed by atoms with Crippen LogP contribution in [-0.4, -0.2) is 5.11 Å². The third-order valence-corrected chi connectivity index (χ3v) is 5.64. The van der Waals surface area contributed by atoms with Crippen molar-refractivity contribution in [2.75, 3.05) is 0 Å². The summed E-state index contributed by atoms with van der Waals surface area (Å²) in [4.78, 5) is 1.15. The lowest BCUT2D eigenvalue weighted by atomic mass is 9.94. The molecule has 21 heavy (non-hydrogen) atoms. The van der Waals surface area contributed by atoms with Crippen molar-refractivity contribution >= 4 is 11.3 Å². The molecule has 0 aliphatic rings. The zero-order valence-electron chi connectivity index (χ0n) is 14.3. The fraction of sp³-hybridized carbons (Fsp3) is 0.789. The maximum Gasteiger partial charge on any atom is 0.0962 e. The fourth-order valence-corrected chi connectivity index (χ4v) is 4.01. The van der Waals surface area contributed by atoms with Gasteiger partial charge in [0.25, 0.3) is 0 Å². The van der Waals surface area contributed by atoms with Gasteiger partial charge >= 0.3 is 0 Å². The molecular weight excluding hydrogens is 276 g/mol. The summed E-state index contributed by atoms with van der Waals surface area (Å²) >= 11 is 1.69. The Hall–Kier alpha value is -0.340. The predicted molar refractivity (Wildman–Crippen MR) is 95.1 cm³/mol. The van der Waals surface area contributed by atoms with Crippen molar-refractivity contribution in [3.63, 3.8) is 0 Å². The Balaban J connectivity index is 2.03. The van der Waals surface area contributed by atoms with E-state index in [4.69, 9.17) is 0 Å². The maximum absolute atomic E-state index is 10.6. The predicted octanol–water partition coefficient (Wildman–Crippen LogP) is 6.58. The van der Waals surface area contributed by atoms with Crippen molar-refractivity contribution in [3.05, 3.63) is 21.9 Å². The van der Waals surface area contributed by atoms with Crippen LogP contribution in [0.4, 0.5) is 0 Å². The van der Waals surface area contributed by atoms with E-state index in [9.17, 15) is 5.11 Å². The second-order valence-electron chi connectivity index (χ2n) is 6.64. The molecule has 0 radical (unpaired) electrons. The van der Waals surface area contributed by atoms with E-state index >= 15 is 0 Å². The molecule has 0 aliphatic heterocycles. The Morgan fingerprint density at radius 3 is 1.95 bits per heavy atom. The molecule has 0 saturated carbocycles. The molecule has 0 amide bonds. The van der Waals surface area contributed by atoms with Crippen LogP contribution in [0.15, 0.2) is 11.4 Å². The summed E-state index contributed by atoms with van der Waals surface area (Å²) in [7, 11) is 0. The lowest BCUT2D eigenvalue weighted by Crippen LogP contribution is -2.20. The van der Waals surface area contributed by atoms with Gasteiger partial charge in [-0.1, -0.05) is 71.1 Å². The van der Waals surface area contributed by atoms with E-state index in [0.717, 1.165) is 17.7 Å². The van der Waals surface area contributed by atoms with Crippen molar-refractivity contribution in [3.8, 4) is 0 Å². The fourth-order valence-electron chi connectivity index (χ4n) is 2.99. The Morgan fingerprint density at radius 1 is 0.952 bits per heavy atom. The molecule has 0 aromatic carbocycles. The standard InChI is InChI=1S/C19H34OS/c1-4-5-6-7-8-9-10-11-12-13-15-19(3,20)18-17(2)14-16-21-18/h14,16,20H,4-13,15H2,1-3H3. The van der Waals surface area contributed by atoms with Gasteiger partial charge in [0, 0.05) is 4.88 Å². The molecule has 1 rings (SSSR count). The van der Waals surface area contributed by atoms with Crippen LogP contribution in [0.2, 0.25) is 0 Å². The number of aryl methyl sites for hydroxylation is 1. The third kappa shape index (κ3) is 7.46. The highest BCUT2D eigenvalue weighted by Gasteiger charge is 2.25. The molecule has 1 heterocycles. The van der Waals surface area contributed by atoms with Gasteiger partial charge in [0.1, 0.15) is 0 Å². The van der Waals surface area contributed by atoms with Crippen LogP contribution in [0.3, 0.4) is 0 Å². The summed E-state index contributed by atoms with van der Waals surface area (Å²) in [5.41, 5.74) is 0.607. The van der Waals surface area contributed by atoms with Gasteiger partial charge in [-0.2, -0.15) is 0 Å². The van der Waals surface area contributed by atoms with Gasteiger partial charge in [0.15, 0.2) is 0 Å². The zero-order chi connectivity index (χ0) is 15.6. The van der Waals surface area contributed by atoms with Crippen LogP contribution in [-0.2, 0) is 5.60 Å². The van der Waals surface area contributed by atoms with Gasteiger partial charge in [0.05, 0.1) is 5.60 Å². The highest BCUT2D eigenvalue weighted by molar-refractivity contribution is 7.10. The van der Waals surface area contributed by atoms with Crippen molar-refractivity contribution in [1.82, 2.24) is 0 Å². The van der Waals surface area contributed by atoms with E-state index in [1.807, 2.05) is 6.92 Å². The van der Waals surface area contributed by atoms with E-state index in [-0.39, 0.29) is 0 Å². The lowest BCUT2D eigenvalue weighted by Gasteiger charge is -2.23. The van der Waals surface area contributed by atoms with Crippen LogP contribution >= 0.6 is 11.3 Å². The van der Waals surface area contributed by atoms with Gasteiger partial charge in [0.2, 0.25) is 0 Å². The highest BCUT2D eigenvalue weighted by atomic mass is 32.1. The topological polar surface area (TPSA) is 20.2 Å². The van der Waals surface area contributed by atoms with E-state index in [2.05, 4.69) is 25.3 Å². The molecule has 0 spiro atoms. The van der Waals surface area contributed by atoms with Crippen molar-refractivity contribution in [1.29, 1.82) is 0 Å². The minimum Gasteiger partial charge on any atom is -0.385 e. The van der Waals surface area contributed by atoms with Crippen LogP contribution in [0.25, 0.3) is 0 Å². The average molecular weight is 311 g/mol. The van der Waals surface area contributed by atoms with Gasteiger partial charge < -0.3 is 5.11 Å².